The summed E-state index contributed by atoms with van der Waals surface area (Å²) in [6.45, 7) is 2.59. The van der Waals surface area contributed by atoms with Gasteiger partial charge in [0.2, 0.25) is 11.8 Å². The number of para-hydroxylation sites is 2. The first kappa shape index (κ1) is 26.9. The van der Waals surface area contributed by atoms with Crippen molar-refractivity contribution in [3.8, 4) is 23.0 Å². The van der Waals surface area contributed by atoms with E-state index in [1.54, 1.807) is 25.3 Å². The molecule has 0 spiro atoms. The Morgan fingerprint density at radius 1 is 1.05 bits per heavy atom. The van der Waals surface area contributed by atoms with Crippen LogP contribution in [0.25, 0.3) is 0 Å². The van der Waals surface area contributed by atoms with Crippen LogP contribution in [-0.2, 0) is 9.59 Å². The molecule has 2 amide bonds. The SMILES string of the molecule is COc1ccc([C@@H](C(=O)NC2CCC(C)CC2)N(C[C@H]2COc3ccccc3O2)C(=O)CCl)cc1OC. The van der Waals surface area contributed by atoms with Crippen LogP contribution in [-0.4, -0.2) is 62.1 Å². The first-order valence-electron chi connectivity index (χ1n) is 12.7. The zero-order valence-electron chi connectivity index (χ0n) is 21.6. The molecule has 37 heavy (non-hydrogen) atoms. The first-order valence-corrected chi connectivity index (χ1v) is 13.2. The minimum absolute atomic E-state index is 0.0560. The van der Waals surface area contributed by atoms with Crippen molar-refractivity contribution < 1.29 is 28.5 Å². The Bertz CT molecular complexity index is 1090. The van der Waals surface area contributed by atoms with Crippen molar-refractivity contribution in [3.63, 3.8) is 0 Å². The molecule has 2 aromatic carbocycles. The van der Waals surface area contributed by atoms with Gasteiger partial charge in [-0.1, -0.05) is 25.1 Å². The molecule has 4 rings (SSSR count). The number of carbonyl (C=O) groups excluding carboxylic acids is 2. The number of hydrogen-bond acceptors (Lipinski definition) is 6. The summed E-state index contributed by atoms with van der Waals surface area (Å²) in [5, 5.41) is 3.20. The molecule has 8 nitrogen and oxygen atoms in total. The Morgan fingerprint density at radius 3 is 2.43 bits per heavy atom. The van der Waals surface area contributed by atoms with Crippen molar-refractivity contribution in [2.75, 3.05) is 33.3 Å². The molecule has 2 atom stereocenters. The van der Waals surface area contributed by atoms with E-state index in [-0.39, 0.29) is 36.9 Å². The first-order chi connectivity index (χ1) is 17.9. The number of amides is 2. The van der Waals surface area contributed by atoms with Crippen molar-refractivity contribution in [1.29, 1.82) is 0 Å². The van der Waals surface area contributed by atoms with Crippen molar-refractivity contribution in [2.24, 2.45) is 5.92 Å². The van der Waals surface area contributed by atoms with Crippen molar-refractivity contribution in [1.82, 2.24) is 10.2 Å². The molecule has 0 bridgehead atoms. The molecule has 0 aromatic heterocycles. The molecule has 9 heteroatoms. The highest BCUT2D eigenvalue weighted by Crippen LogP contribution is 2.35. The van der Waals surface area contributed by atoms with Gasteiger partial charge in [0, 0.05) is 6.04 Å². The summed E-state index contributed by atoms with van der Waals surface area (Å²) in [5.41, 5.74) is 0.593. The third kappa shape index (κ3) is 6.42. The van der Waals surface area contributed by atoms with Gasteiger partial charge in [0.25, 0.3) is 0 Å². The standard InChI is InChI=1S/C28H35ClN2O6/c1-18-8-11-20(12-9-18)30-28(33)27(19-10-13-22(34-2)25(14-19)35-3)31(26(32)15-29)16-21-17-36-23-6-4-5-7-24(23)37-21/h4-7,10,13-14,18,20-21,27H,8-9,11-12,15-17H2,1-3H3,(H,30,33)/t18?,20?,21-,27-/m0/s1. The number of carbonyl (C=O) groups is 2. The van der Waals surface area contributed by atoms with Crippen molar-refractivity contribution >= 4 is 23.4 Å². The van der Waals surface area contributed by atoms with Gasteiger partial charge in [-0.25, -0.2) is 0 Å². The van der Waals surface area contributed by atoms with E-state index in [0.717, 1.165) is 25.7 Å². The second-order valence-corrected chi connectivity index (χ2v) is 9.93. The predicted molar refractivity (Wildman–Crippen MR) is 141 cm³/mol. The Morgan fingerprint density at radius 2 is 1.76 bits per heavy atom. The van der Waals surface area contributed by atoms with Gasteiger partial charge in [0.15, 0.2) is 29.1 Å². The van der Waals surface area contributed by atoms with E-state index in [4.69, 9.17) is 30.5 Å². The summed E-state index contributed by atoms with van der Waals surface area (Å²) < 4.78 is 22.9. The maximum absolute atomic E-state index is 13.9. The van der Waals surface area contributed by atoms with Crippen LogP contribution < -0.4 is 24.3 Å². The van der Waals surface area contributed by atoms with Gasteiger partial charge in [0.05, 0.1) is 20.8 Å². The summed E-state index contributed by atoms with van der Waals surface area (Å²) in [4.78, 5) is 28.6. The summed E-state index contributed by atoms with van der Waals surface area (Å²) in [6.07, 6.45) is 3.45. The Kier molecular flexibility index (Phi) is 9.03. The Labute approximate surface area is 223 Å². The number of halogens is 1. The minimum atomic E-state index is -0.939. The lowest BCUT2D eigenvalue weighted by molar-refractivity contribution is -0.141. The normalized spacial score (nSPS) is 21.5. The van der Waals surface area contributed by atoms with Crippen LogP contribution in [0.5, 0.6) is 23.0 Å². The fourth-order valence-corrected chi connectivity index (χ4v) is 5.13. The third-order valence-electron chi connectivity index (χ3n) is 7.05. The maximum atomic E-state index is 13.9. The summed E-state index contributed by atoms with van der Waals surface area (Å²) in [6, 6.07) is 11.7. The monoisotopic (exact) mass is 530 g/mol. The fraction of sp³-hybridized carbons (Fsp3) is 0.500. The number of nitrogens with zero attached hydrogens (tertiary/aromatic N) is 1. The number of rotatable bonds is 9. The number of benzene rings is 2. The van der Waals surface area contributed by atoms with Gasteiger partial charge in [-0.2, -0.15) is 0 Å². The van der Waals surface area contributed by atoms with Crippen LogP contribution in [0.15, 0.2) is 42.5 Å². The van der Waals surface area contributed by atoms with Crippen LogP contribution in [0.2, 0.25) is 0 Å². The molecule has 1 N–H and O–H groups in total. The van der Waals surface area contributed by atoms with E-state index in [9.17, 15) is 9.59 Å². The lowest BCUT2D eigenvalue weighted by atomic mass is 9.87. The number of methoxy groups -OCH3 is 2. The van der Waals surface area contributed by atoms with Crippen LogP contribution in [0, 0.1) is 5.92 Å². The third-order valence-corrected chi connectivity index (χ3v) is 7.28. The molecule has 0 saturated heterocycles. The molecular formula is C28H35ClN2O6. The minimum Gasteiger partial charge on any atom is -0.493 e. The second-order valence-electron chi connectivity index (χ2n) is 9.66. The zero-order chi connectivity index (χ0) is 26.4. The molecule has 0 radical (unpaired) electrons. The van der Waals surface area contributed by atoms with Gasteiger partial charge in [-0.05, 0) is 61.4 Å². The molecule has 1 aliphatic carbocycles. The van der Waals surface area contributed by atoms with Crippen molar-refractivity contribution in [2.45, 2.75) is 50.8 Å². The quantitative estimate of drug-likeness (QED) is 0.485. The molecule has 200 valence electrons. The smallest absolute Gasteiger partial charge is 0.247 e. The van der Waals surface area contributed by atoms with Crippen LogP contribution >= 0.6 is 11.6 Å². The molecule has 1 saturated carbocycles. The lowest BCUT2D eigenvalue weighted by Crippen LogP contribution is -2.51. The Hall–Kier alpha value is -3.13. The van der Waals surface area contributed by atoms with E-state index in [2.05, 4.69) is 12.2 Å². The lowest BCUT2D eigenvalue weighted by Gasteiger charge is -2.36. The highest BCUT2D eigenvalue weighted by Gasteiger charge is 2.36. The molecule has 1 aliphatic heterocycles. The second kappa shape index (κ2) is 12.4. The maximum Gasteiger partial charge on any atom is 0.247 e. The van der Waals surface area contributed by atoms with Gasteiger partial charge < -0.3 is 29.2 Å². The number of hydrogen-bond donors (Lipinski definition) is 1. The van der Waals surface area contributed by atoms with Crippen LogP contribution in [0.4, 0.5) is 0 Å². The number of ether oxygens (including phenoxy) is 4. The van der Waals surface area contributed by atoms with Crippen molar-refractivity contribution in [3.05, 3.63) is 48.0 Å². The number of nitrogens with one attached hydrogen (secondary N) is 1. The van der Waals surface area contributed by atoms with Crippen LogP contribution in [0.3, 0.4) is 0 Å². The Balaban J connectivity index is 1.65. The van der Waals surface area contributed by atoms with Crippen LogP contribution in [0.1, 0.15) is 44.2 Å². The van der Waals surface area contributed by atoms with Gasteiger partial charge in [-0.3, -0.25) is 9.59 Å². The van der Waals surface area contributed by atoms with E-state index >= 15 is 0 Å². The van der Waals surface area contributed by atoms with E-state index in [1.165, 1.54) is 12.0 Å². The summed E-state index contributed by atoms with van der Waals surface area (Å²) in [5.74, 6) is 1.97. The molecule has 2 aliphatic rings. The van der Waals surface area contributed by atoms with Gasteiger partial charge >= 0.3 is 0 Å². The number of alkyl halides is 1. The average Bonchev–Trinajstić information content (AvgIpc) is 2.93. The fourth-order valence-electron chi connectivity index (χ4n) is 4.98. The summed E-state index contributed by atoms with van der Waals surface area (Å²) in [7, 11) is 3.08. The van der Waals surface area contributed by atoms with E-state index < -0.39 is 12.1 Å². The largest absolute Gasteiger partial charge is 0.493 e. The summed E-state index contributed by atoms with van der Waals surface area (Å²) >= 11 is 6.06. The number of fused-ring (bicyclic) bond motifs is 1. The topological polar surface area (TPSA) is 86.3 Å². The van der Waals surface area contributed by atoms with Gasteiger partial charge in [0.1, 0.15) is 18.5 Å². The molecular weight excluding hydrogens is 496 g/mol. The molecule has 2 aromatic rings. The van der Waals surface area contributed by atoms with Gasteiger partial charge in [-0.15, -0.1) is 11.6 Å². The molecule has 0 unspecified atom stereocenters. The highest BCUT2D eigenvalue weighted by molar-refractivity contribution is 6.27. The highest BCUT2D eigenvalue weighted by atomic mass is 35.5. The average molecular weight is 531 g/mol. The molecule has 1 fully saturated rings. The van der Waals surface area contributed by atoms with E-state index in [0.29, 0.717) is 34.5 Å². The predicted octanol–water partition coefficient (Wildman–Crippen LogP) is 4.35. The molecule has 1 heterocycles. The van der Waals surface area contributed by atoms with E-state index in [1.807, 2.05) is 24.3 Å². The zero-order valence-corrected chi connectivity index (χ0v) is 22.3.